The molecule has 0 spiro atoms. The quantitative estimate of drug-likeness (QED) is 0.717. The zero-order valence-electron chi connectivity index (χ0n) is 13.6. The van der Waals surface area contributed by atoms with Crippen LogP contribution in [0.25, 0.3) is 0 Å². The lowest BCUT2D eigenvalue weighted by Crippen LogP contribution is -2.30. The first kappa shape index (κ1) is 15.4. The predicted octanol–water partition coefficient (Wildman–Crippen LogP) is 4.12. The molecule has 0 unspecified atom stereocenters. The highest BCUT2D eigenvalue weighted by atomic mass is 15.2. The van der Waals surface area contributed by atoms with E-state index in [1.54, 1.807) is 0 Å². The van der Waals surface area contributed by atoms with Gasteiger partial charge in [-0.1, -0.05) is 32.9 Å². The minimum absolute atomic E-state index is 0.723. The van der Waals surface area contributed by atoms with E-state index in [1.165, 1.54) is 42.6 Å². The Hall–Kier alpha value is -1.02. The third-order valence-electron chi connectivity index (χ3n) is 3.88. The molecule has 0 heterocycles. The SMILES string of the molecule is CCCNCc1ccc(N(CC(C)C)C2CC2)c(C)c1. The molecule has 1 aromatic carbocycles. The van der Waals surface area contributed by atoms with Crippen LogP contribution < -0.4 is 10.2 Å². The summed E-state index contributed by atoms with van der Waals surface area (Å²) in [5.41, 5.74) is 4.27. The van der Waals surface area contributed by atoms with Crippen molar-refractivity contribution in [3.05, 3.63) is 29.3 Å². The van der Waals surface area contributed by atoms with E-state index in [9.17, 15) is 0 Å². The Balaban J connectivity index is 2.06. The first-order valence-electron chi connectivity index (χ1n) is 8.18. The van der Waals surface area contributed by atoms with Crippen molar-refractivity contribution >= 4 is 5.69 Å². The molecule has 2 nitrogen and oxygen atoms in total. The van der Waals surface area contributed by atoms with Gasteiger partial charge in [0.15, 0.2) is 0 Å². The van der Waals surface area contributed by atoms with Crippen molar-refractivity contribution in [3.63, 3.8) is 0 Å². The molecule has 0 radical (unpaired) electrons. The number of rotatable bonds is 8. The highest BCUT2D eigenvalue weighted by molar-refractivity contribution is 5.56. The summed E-state index contributed by atoms with van der Waals surface area (Å²) in [6.07, 6.45) is 3.93. The summed E-state index contributed by atoms with van der Waals surface area (Å²) in [6.45, 7) is 12.4. The lowest BCUT2D eigenvalue weighted by molar-refractivity contribution is 0.606. The molecule has 1 fully saturated rings. The Labute approximate surface area is 124 Å². The number of aryl methyl sites for hydroxylation is 1. The normalized spacial score (nSPS) is 14.8. The molecule has 20 heavy (non-hydrogen) atoms. The van der Waals surface area contributed by atoms with Crippen LogP contribution in [-0.4, -0.2) is 19.1 Å². The molecule has 0 atom stereocenters. The zero-order chi connectivity index (χ0) is 14.5. The highest BCUT2D eigenvalue weighted by Gasteiger charge is 2.30. The van der Waals surface area contributed by atoms with Crippen molar-refractivity contribution in [2.45, 2.75) is 59.5 Å². The molecule has 0 amide bonds. The summed E-state index contributed by atoms with van der Waals surface area (Å²) >= 11 is 0. The number of hydrogen-bond donors (Lipinski definition) is 1. The van der Waals surface area contributed by atoms with E-state index >= 15 is 0 Å². The van der Waals surface area contributed by atoms with Gasteiger partial charge in [0.1, 0.15) is 0 Å². The summed E-state index contributed by atoms with van der Waals surface area (Å²) < 4.78 is 0. The Kier molecular flexibility index (Phi) is 5.47. The fourth-order valence-corrected chi connectivity index (χ4v) is 2.78. The van der Waals surface area contributed by atoms with Gasteiger partial charge in [-0.2, -0.15) is 0 Å². The number of nitrogens with zero attached hydrogens (tertiary/aromatic N) is 1. The molecule has 0 aliphatic heterocycles. The van der Waals surface area contributed by atoms with Gasteiger partial charge in [-0.3, -0.25) is 0 Å². The minimum Gasteiger partial charge on any atom is -0.368 e. The maximum atomic E-state index is 3.48. The molecule has 2 heteroatoms. The van der Waals surface area contributed by atoms with Crippen LogP contribution in [0.4, 0.5) is 5.69 Å². The van der Waals surface area contributed by atoms with E-state index in [2.05, 4.69) is 56.1 Å². The van der Waals surface area contributed by atoms with Gasteiger partial charge >= 0.3 is 0 Å². The molecule has 112 valence electrons. The minimum atomic E-state index is 0.723. The average molecular weight is 274 g/mol. The van der Waals surface area contributed by atoms with E-state index in [0.29, 0.717) is 0 Å². The van der Waals surface area contributed by atoms with Gasteiger partial charge in [0.05, 0.1) is 0 Å². The predicted molar refractivity (Wildman–Crippen MR) is 88.4 cm³/mol. The standard InChI is InChI=1S/C18H30N2/c1-5-10-19-12-16-6-9-18(15(4)11-16)20(13-14(2)3)17-7-8-17/h6,9,11,14,17,19H,5,7-8,10,12-13H2,1-4H3. The fourth-order valence-electron chi connectivity index (χ4n) is 2.78. The maximum absolute atomic E-state index is 3.48. The number of anilines is 1. The van der Waals surface area contributed by atoms with Crippen molar-refractivity contribution in [1.82, 2.24) is 5.32 Å². The maximum Gasteiger partial charge on any atom is 0.0398 e. The van der Waals surface area contributed by atoms with Crippen LogP contribution in [0.1, 0.15) is 51.2 Å². The van der Waals surface area contributed by atoms with Gasteiger partial charge in [0.2, 0.25) is 0 Å². The average Bonchev–Trinajstić information content (AvgIpc) is 3.21. The largest absolute Gasteiger partial charge is 0.368 e. The Morgan fingerprint density at radius 1 is 1.30 bits per heavy atom. The molecule has 1 N–H and O–H groups in total. The third-order valence-corrected chi connectivity index (χ3v) is 3.88. The van der Waals surface area contributed by atoms with Crippen LogP contribution in [0.2, 0.25) is 0 Å². The second-order valence-electron chi connectivity index (χ2n) is 6.57. The second-order valence-corrected chi connectivity index (χ2v) is 6.57. The summed E-state index contributed by atoms with van der Waals surface area (Å²) in [7, 11) is 0. The molecular weight excluding hydrogens is 244 g/mol. The molecule has 1 aromatic rings. The van der Waals surface area contributed by atoms with Crippen molar-refractivity contribution < 1.29 is 0 Å². The van der Waals surface area contributed by atoms with Crippen LogP contribution >= 0.6 is 0 Å². The molecule has 2 rings (SSSR count). The number of nitrogens with one attached hydrogen (secondary N) is 1. The van der Waals surface area contributed by atoms with Gasteiger partial charge in [-0.15, -0.1) is 0 Å². The Morgan fingerprint density at radius 2 is 2.05 bits per heavy atom. The van der Waals surface area contributed by atoms with Crippen molar-refractivity contribution in [1.29, 1.82) is 0 Å². The molecule has 0 aromatic heterocycles. The first-order valence-corrected chi connectivity index (χ1v) is 8.18. The molecule has 1 saturated carbocycles. The van der Waals surface area contributed by atoms with Crippen LogP contribution in [-0.2, 0) is 6.54 Å². The zero-order valence-corrected chi connectivity index (χ0v) is 13.6. The van der Waals surface area contributed by atoms with Gasteiger partial charge in [0, 0.05) is 24.8 Å². The molecule has 0 saturated heterocycles. The van der Waals surface area contributed by atoms with Gasteiger partial charge in [-0.05, 0) is 55.8 Å². The van der Waals surface area contributed by atoms with Crippen molar-refractivity contribution in [2.75, 3.05) is 18.0 Å². The first-order chi connectivity index (χ1) is 9.61. The van der Waals surface area contributed by atoms with Crippen LogP contribution in [0.15, 0.2) is 18.2 Å². The van der Waals surface area contributed by atoms with Crippen LogP contribution in [0.3, 0.4) is 0 Å². The van der Waals surface area contributed by atoms with Crippen LogP contribution in [0, 0.1) is 12.8 Å². The number of benzene rings is 1. The molecule has 0 bridgehead atoms. The monoisotopic (exact) mass is 274 g/mol. The van der Waals surface area contributed by atoms with Gasteiger partial charge in [0.25, 0.3) is 0 Å². The Bertz CT molecular complexity index is 421. The highest BCUT2D eigenvalue weighted by Crippen LogP contribution is 2.34. The lowest BCUT2D eigenvalue weighted by atomic mass is 10.1. The molecule has 1 aliphatic rings. The van der Waals surface area contributed by atoms with Crippen LogP contribution in [0.5, 0.6) is 0 Å². The van der Waals surface area contributed by atoms with E-state index in [1.807, 2.05) is 0 Å². The lowest BCUT2D eigenvalue weighted by Gasteiger charge is -2.28. The fraction of sp³-hybridized carbons (Fsp3) is 0.667. The van der Waals surface area contributed by atoms with Crippen molar-refractivity contribution in [3.8, 4) is 0 Å². The topological polar surface area (TPSA) is 15.3 Å². The number of hydrogen-bond acceptors (Lipinski definition) is 2. The summed E-state index contributed by atoms with van der Waals surface area (Å²) in [5.74, 6) is 0.723. The van der Waals surface area contributed by atoms with Crippen molar-refractivity contribution in [2.24, 2.45) is 5.92 Å². The summed E-state index contributed by atoms with van der Waals surface area (Å²) in [5, 5.41) is 3.48. The second kappa shape index (κ2) is 7.12. The van der Waals surface area contributed by atoms with E-state index in [-0.39, 0.29) is 0 Å². The van der Waals surface area contributed by atoms with Gasteiger partial charge in [-0.25, -0.2) is 0 Å². The van der Waals surface area contributed by atoms with E-state index in [4.69, 9.17) is 0 Å². The summed E-state index contributed by atoms with van der Waals surface area (Å²) in [4.78, 5) is 2.63. The molecular formula is C18H30N2. The van der Waals surface area contributed by atoms with E-state index in [0.717, 1.165) is 25.0 Å². The molecule has 1 aliphatic carbocycles. The summed E-state index contributed by atoms with van der Waals surface area (Å²) in [6, 6.07) is 7.77. The smallest absolute Gasteiger partial charge is 0.0398 e. The Morgan fingerprint density at radius 3 is 2.60 bits per heavy atom. The van der Waals surface area contributed by atoms with Gasteiger partial charge < -0.3 is 10.2 Å². The third kappa shape index (κ3) is 4.24. The van der Waals surface area contributed by atoms with E-state index < -0.39 is 0 Å².